The number of ether oxygens (including phenoxy) is 1. The highest BCUT2D eigenvalue weighted by atomic mass is 16.5. The van der Waals surface area contributed by atoms with Crippen molar-refractivity contribution in [1.82, 2.24) is 0 Å². The van der Waals surface area contributed by atoms with Gasteiger partial charge in [-0.3, -0.25) is 4.79 Å². The minimum atomic E-state index is -0.203. The molecule has 0 aromatic carbocycles. The van der Waals surface area contributed by atoms with Crippen molar-refractivity contribution < 1.29 is 9.53 Å². The molecule has 0 saturated heterocycles. The van der Waals surface area contributed by atoms with E-state index in [0.29, 0.717) is 6.61 Å². The molecule has 0 amide bonds. The van der Waals surface area contributed by atoms with Crippen LogP contribution in [0.5, 0.6) is 0 Å². The van der Waals surface area contributed by atoms with Gasteiger partial charge in [-0.2, -0.15) is 0 Å². The molecule has 0 aliphatic rings. The van der Waals surface area contributed by atoms with Crippen LogP contribution in [0.3, 0.4) is 0 Å². The lowest BCUT2D eigenvalue weighted by atomic mass is 10.1. The van der Waals surface area contributed by atoms with Gasteiger partial charge in [-0.1, -0.05) is 38.7 Å². The summed E-state index contributed by atoms with van der Waals surface area (Å²) in [5.74, 6) is -0.203. The fraction of sp³-hybridized carbons (Fsp3) is 0.769. The van der Waals surface area contributed by atoms with Crippen molar-refractivity contribution in [2.24, 2.45) is 0 Å². The molecule has 0 rings (SSSR count). The van der Waals surface area contributed by atoms with Crippen LogP contribution in [0, 0.1) is 0 Å². The first-order valence-corrected chi connectivity index (χ1v) is 5.95. The number of rotatable bonds is 8. The van der Waals surface area contributed by atoms with Crippen molar-refractivity contribution in [3.8, 4) is 0 Å². The van der Waals surface area contributed by atoms with Crippen molar-refractivity contribution in [2.75, 3.05) is 6.61 Å². The Morgan fingerprint density at radius 1 is 1.13 bits per heavy atom. The van der Waals surface area contributed by atoms with E-state index < -0.39 is 0 Å². The van der Waals surface area contributed by atoms with Crippen molar-refractivity contribution in [3.63, 3.8) is 0 Å². The number of hydrogen-bond acceptors (Lipinski definition) is 2. The average molecular weight is 212 g/mol. The van der Waals surface area contributed by atoms with Gasteiger partial charge >= 0.3 is 5.97 Å². The van der Waals surface area contributed by atoms with Crippen molar-refractivity contribution in [1.29, 1.82) is 0 Å². The third-order valence-corrected chi connectivity index (χ3v) is 2.30. The maximum atomic E-state index is 10.5. The fourth-order valence-electron chi connectivity index (χ4n) is 1.37. The van der Waals surface area contributed by atoms with Crippen LogP contribution in [0.25, 0.3) is 0 Å². The minimum Gasteiger partial charge on any atom is -0.461 e. The number of carbonyl (C=O) groups is 1. The molecule has 0 aromatic heterocycles. The van der Waals surface area contributed by atoms with E-state index in [0.717, 1.165) is 12.0 Å². The Balaban J connectivity index is 3.37. The van der Waals surface area contributed by atoms with Gasteiger partial charge in [-0.05, 0) is 25.3 Å². The Bertz CT molecular complexity index is 195. The Labute approximate surface area is 93.7 Å². The molecule has 0 aromatic rings. The smallest absolute Gasteiger partial charge is 0.302 e. The highest BCUT2D eigenvalue weighted by Gasteiger charge is 1.94. The van der Waals surface area contributed by atoms with Crippen molar-refractivity contribution in [2.45, 2.75) is 59.3 Å². The van der Waals surface area contributed by atoms with E-state index in [1.54, 1.807) is 0 Å². The molecule has 0 bridgehead atoms. The Hall–Kier alpha value is -0.790. The summed E-state index contributed by atoms with van der Waals surface area (Å²) in [5.41, 5.74) is 1.15. The maximum absolute atomic E-state index is 10.5. The standard InChI is InChI=1S/C13H24O2/c1-4-5-6-7-8-9-10-12(2)11-15-13(3)14/h10H,4-9,11H2,1-3H3. The first kappa shape index (κ1) is 14.2. The van der Waals surface area contributed by atoms with E-state index in [2.05, 4.69) is 13.0 Å². The van der Waals surface area contributed by atoms with E-state index in [1.807, 2.05) is 6.92 Å². The molecule has 0 spiro atoms. The monoisotopic (exact) mass is 212 g/mol. The number of esters is 1. The molecule has 0 radical (unpaired) electrons. The van der Waals surface area contributed by atoms with Gasteiger partial charge < -0.3 is 4.74 Å². The minimum absolute atomic E-state index is 0.203. The zero-order chi connectivity index (χ0) is 11.5. The van der Waals surface area contributed by atoms with Crippen molar-refractivity contribution >= 4 is 5.97 Å². The topological polar surface area (TPSA) is 26.3 Å². The van der Waals surface area contributed by atoms with Crippen LogP contribution in [0.15, 0.2) is 11.6 Å². The summed E-state index contributed by atoms with van der Waals surface area (Å²) in [7, 11) is 0. The van der Waals surface area contributed by atoms with Crippen LogP contribution in [-0.4, -0.2) is 12.6 Å². The van der Waals surface area contributed by atoms with E-state index in [9.17, 15) is 4.79 Å². The molecule has 2 heteroatoms. The van der Waals surface area contributed by atoms with Gasteiger partial charge in [-0.25, -0.2) is 0 Å². The number of allylic oxidation sites excluding steroid dienone is 1. The SMILES string of the molecule is CCCCCCCC=C(C)COC(C)=O. The molecule has 15 heavy (non-hydrogen) atoms. The molecular weight excluding hydrogens is 188 g/mol. The average Bonchev–Trinajstić information content (AvgIpc) is 2.20. The summed E-state index contributed by atoms with van der Waals surface area (Å²) in [4.78, 5) is 10.5. The normalized spacial score (nSPS) is 11.5. The Morgan fingerprint density at radius 2 is 1.80 bits per heavy atom. The second-order valence-corrected chi connectivity index (χ2v) is 4.03. The molecule has 0 N–H and O–H groups in total. The Morgan fingerprint density at radius 3 is 2.40 bits per heavy atom. The molecule has 88 valence electrons. The zero-order valence-electron chi connectivity index (χ0n) is 10.3. The Kier molecular flexibility index (Phi) is 9.24. The molecule has 0 fully saturated rings. The number of hydrogen-bond donors (Lipinski definition) is 0. The molecule has 0 heterocycles. The summed E-state index contributed by atoms with van der Waals surface area (Å²) in [5, 5.41) is 0. The summed E-state index contributed by atoms with van der Waals surface area (Å²) in [6, 6.07) is 0. The molecule has 2 nitrogen and oxygen atoms in total. The summed E-state index contributed by atoms with van der Waals surface area (Å²) < 4.78 is 4.89. The highest BCUT2D eigenvalue weighted by molar-refractivity contribution is 5.66. The number of unbranched alkanes of at least 4 members (excludes halogenated alkanes) is 5. The summed E-state index contributed by atoms with van der Waals surface area (Å²) in [6.07, 6.45) is 9.82. The molecule has 0 aliphatic heterocycles. The van der Waals surface area contributed by atoms with Gasteiger partial charge in [0.2, 0.25) is 0 Å². The molecular formula is C13H24O2. The largest absolute Gasteiger partial charge is 0.461 e. The quantitative estimate of drug-likeness (QED) is 0.347. The van der Waals surface area contributed by atoms with E-state index in [1.165, 1.54) is 39.0 Å². The molecule has 0 aliphatic carbocycles. The second kappa shape index (κ2) is 9.75. The zero-order valence-corrected chi connectivity index (χ0v) is 10.3. The molecule has 0 atom stereocenters. The molecule has 0 unspecified atom stereocenters. The van der Waals surface area contributed by atoms with Gasteiger partial charge in [0.1, 0.15) is 6.61 Å². The first-order valence-electron chi connectivity index (χ1n) is 5.95. The second-order valence-electron chi connectivity index (χ2n) is 4.03. The third kappa shape index (κ3) is 11.1. The predicted octanol–water partition coefficient (Wildman–Crippen LogP) is 3.86. The van der Waals surface area contributed by atoms with E-state index in [4.69, 9.17) is 4.74 Å². The van der Waals surface area contributed by atoms with E-state index in [-0.39, 0.29) is 5.97 Å². The lowest BCUT2D eigenvalue weighted by molar-refractivity contribution is -0.139. The fourth-order valence-corrected chi connectivity index (χ4v) is 1.37. The van der Waals surface area contributed by atoms with Crippen LogP contribution in [0.4, 0.5) is 0 Å². The summed E-state index contributed by atoms with van der Waals surface area (Å²) >= 11 is 0. The van der Waals surface area contributed by atoms with Gasteiger partial charge in [0.05, 0.1) is 0 Å². The third-order valence-electron chi connectivity index (χ3n) is 2.30. The van der Waals surface area contributed by atoms with Gasteiger partial charge in [0.25, 0.3) is 0 Å². The van der Waals surface area contributed by atoms with Crippen LogP contribution in [-0.2, 0) is 9.53 Å². The van der Waals surface area contributed by atoms with Crippen LogP contribution in [0.1, 0.15) is 59.3 Å². The molecule has 0 saturated carbocycles. The maximum Gasteiger partial charge on any atom is 0.302 e. The van der Waals surface area contributed by atoms with Crippen LogP contribution in [0.2, 0.25) is 0 Å². The lowest BCUT2D eigenvalue weighted by Crippen LogP contribution is -2.01. The highest BCUT2D eigenvalue weighted by Crippen LogP contribution is 2.07. The first-order chi connectivity index (χ1) is 7.16. The van der Waals surface area contributed by atoms with Crippen LogP contribution < -0.4 is 0 Å². The van der Waals surface area contributed by atoms with Gasteiger partial charge in [0.15, 0.2) is 0 Å². The van der Waals surface area contributed by atoms with Gasteiger partial charge in [-0.15, -0.1) is 0 Å². The predicted molar refractivity (Wildman–Crippen MR) is 63.8 cm³/mol. The van der Waals surface area contributed by atoms with E-state index >= 15 is 0 Å². The summed E-state index contributed by atoms with van der Waals surface area (Å²) in [6.45, 7) is 6.13. The number of carbonyl (C=O) groups excluding carboxylic acids is 1. The lowest BCUT2D eigenvalue weighted by Gasteiger charge is -2.02. The van der Waals surface area contributed by atoms with Crippen LogP contribution >= 0.6 is 0 Å². The van der Waals surface area contributed by atoms with Gasteiger partial charge in [0, 0.05) is 6.92 Å². The van der Waals surface area contributed by atoms with Crippen molar-refractivity contribution in [3.05, 3.63) is 11.6 Å².